The van der Waals surface area contributed by atoms with Gasteiger partial charge in [0.05, 0.1) is 18.6 Å². The van der Waals surface area contributed by atoms with Crippen molar-refractivity contribution in [3.05, 3.63) is 89.5 Å². The third kappa shape index (κ3) is 6.61. The Labute approximate surface area is 263 Å². The molecule has 0 fully saturated rings. The van der Waals surface area contributed by atoms with Gasteiger partial charge in [0.25, 0.3) is 12.1 Å². The SMILES string of the molecule is CC=CC(=CC)CC(NC(C)=O)C(=O)NC(Oc1ccccc1)C(=O)N1CCC23C=CC(O)CC2Oc2c(OC)ccc(c23)C1. The van der Waals surface area contributed by atoms with Crippen molar-refractivity contribution in [1.82, 2.24) is 15.5 Å². The van der Waals surface area contributed by atoms with Crippen LogP contribution >= 0.6 is 0 Å². The molecule has 2 aromatic carbocycles. The van der Waals surface area contributed by atoms with Crippen molar-refractivity contribution in [2.24, 2.45) is 0 Å². The first-order valence-electron chi connectivity index (χ1n) is 15.3. The summed E-state index contributed by atoms with van der Waals surface area (Å²) in [7, 11) is 1.59. The van der Waals surface area contributed by atoms with E-state index in [0.29, 0.717) is 36.6 Å². The zero-order chi connectivity index (χ0) is 32.1. The van der Waals surface area contributed by atoms with Gasteiger partial charge in [-0.2, -0.15) is 0 Å². The Morgan fingerprint density at radius 1 is 1.16 bits per heavy atom. The molecule has 0 bridgehead atoms. The Hall–Kier alpha value is -4.57. The van der Waals surface area contributed by atoms with Gasteiger partial charge in [-0.1, -0.05) is 60.2 Å². The number of allylic oxidation sites excluding steroid dienone is 3. The number of benzene rings is 2. The van der Waals surface area contributed by atoms with E-state index in [2.05, 4.69) is 10.6 Å². The zero-order valence-electron chi connectivity index (χ0n) is 26.1. The molecule has 45 heavy (non-hydrogen) atoms. The lowest BCUT2D eigenvalue weighted by atomic mass is 9.69. The third-order valence-corrected chi connectivity index (χ3v) is 8.65. The van der Waals surface area contributed by atoms with Crippen LogP contribution < -0.4 is 24.8 Å². The van der Waals surface area contributed by atoms with Crippen molar-refractivity contribution in [1.29, 1.82) is 0 Å². The van der Waals surface area contributed by atoms with Gasteiger partial charge in [0.2, 0.25) is 11.8 Å². The summed E-state index contributed by atoms with van der Waals surface area (Å²) in [5.74, 6) is 0.318. The van der Waals surface area contributed by atoms with Gasteiger partial charge in [0.1, 0.15) is 17.9 Å². The standard InChI is InChI=1S/C35H41N3O7/c1-5-10-23(6-2)19-27(36-22(3)39)32(41)37-33(44-26-11-8-7-9-12-26)34(42)38-18-17-35-16-15-25(40)20-29(35)45-31-28(43-4)14-13-24(21-38)30(31)35/h5-16,25,27,29,33,40H,17-21H2,1-4H3,(H,36,39)(H,37,41). The number of nitrogens with one attached hydrogen (secondary N) is 2. The lowest BCUT2D eigenvalue weighted by Gasteiger charge is -2.36. The van der Waals surface area contributed by atoms with E-state index in [1.165, 1.54) is 6.92 Å². The minimum absolute atomic E-state index is 0.238. The second kappa shape index (κ2) is 13.6. The number of ether oxygens (including phenoxy) is 3. The van der Waals surface area contributed by atoms with Gasteiger partial charge in [0.15, 0.2) is 11.5 Å². The summed E-state index contributed by atoms with van der Waals surface area (Å²) >= 11 is 0. The Kier molecular flexibility index (Phi) is 9.63. The summed E-state index contributed by atoms with van der Waals surface area (Å²) in [6.45, 7) is 5.69. The highest BCUT2D eigenvalue weighted by molar-refractivity contribution is 5.91. The quantitative estimate of drug-likeness (QED) is 0.212. The van der Waals surface area contributed by atoms with Gasteiger partial charge in [-0.25, -0.2) is 0 Å². The smallest absolute Gasteiger partial charge is 0.285 e. The Morgan fingerprint density at radius 3 is 2.62 bits per heavy atom. The summed E-state index contributed by atoms with van der Waals surface area (Å²) in [4.78, 5) is 41.8. The van der Waals surface area contributed by atoms with Crippen molar-refractivity contribution in [3.63, 3.8) is 0 Å². The molecule has 2 aromatic rings. The van der Waals surface area contributed by atoms with Crippen molar-refractivity contribution < 1.29 is 33.7 Å². The number of hydrogen-bond acceptors (Lipinski definition) is 7. The number of hydrogen-bond donors (Lipinski definition) is 3. The molecule has 10 nitrogen and oxygen atoms in total. The maximum Gasteiger partial charge on any atom is 0.285 e. The Balaban J connectivity index is 1.46. The molecular weight excluding hydrogens is 574 g/mol. The van der Waals surface area contributed by atoms with E-state index in [-0.39, 0.29) is 25.0 Å². The van der Waals surface area contributed by atoms with E-state index >= 15 is 0 Å². The number of rotatable bonds is 10. The van der Waals surface area contributed by atoms with Crippen LogP contribution in [-0.4, -0.2) is 65.9 Å². The molecule has 3 aliphatic rings. The number of amides is 3. The van der Waals surface area contributed by atoms with Crippen LogP contribution in [0.15, 0.2) is 78.4 Å². The molecule has 5 atom stereocenters. The highest BCUT2D eigenvalue weighted by Crippen LogP contribution is 2.55. The fourth-order valence-electron chi connectivity index (χ4n) is 6.48. The van der Waals surface area contributed by atoms with Crippen LogP contribution in [0.1, 0.15) is 51.2 Å². The van der Waals surface area contributed by atoms with Crippen molar-refractivity contribution in [3.8, 4) is 17.2 Å². The maximum atomic E-state index is 14.3. The Bertz CT molecular complexity index is 1520. The molecule has 1 aliphatic carbocycles. The van der Waals surface area contributed by atoms with Crippen molar-refractivity contribution >= 4 is 17.7 Å². The molecule has 3 amide bonds. The number of para-hydroxylation sites is 1. The van der Waals surface area contributed by atoms with Gasteiger partial charge in [0, 0.05) is 38.4 Å². The van der Waals surface area contributed by atoms with Crippen LogP contribution in [0.4, 0.5) is 0 Å². The maximum absolute atomic E-state index is 14.3. The molecule has 0 radical (unpaired) electrons. The van der Waals surface area contributed by atoms with Gasteiger partial charge in [-0.3, -0.25) is 14.4 Å². The summed E-state index contributed by atoms with van der Waals surface area (Å²) < 4.78 is 18.2. The number of nitrogens with zero attached hydrogens (tertiary/aromatic N) is 1. The molecule has 0 aromatic heterocycles. The summed E-state index contributed by atoms with van der Waals surface area (Å²) in [6, 6.07) is 11.7. The minimum atomic E-state index is -1.36. The first-order valence-corrected chi connectivity index (χ1v) is 15.3. The van der Waals surface area contributed by atoms with Crippen LogP contribution in [0.2, 0.25) is 0 Å². The van der Waals surface area contributed by atoms with E-state index in [4.69, 9.17) is 14.2 Å². The molecular formula is C35H41N3O7. The second-order valence-electron chi connectivity index (χ2n) is 11.6. The molecule has 0 saturated carbocycles. The molecule has 5 rings (SSSR count). The molecule has 2 aliphatic heterocycles. The van der Waals surface area contributed by atoms with Gasteiger partial charge < -0.3 is 34.9 Å². The van der Waals surface area contributed by atoms with Crippen LogP contribution in [-0.2, 0) is 26.3 Å². The van der Waals surface area contributed by atoms with Crippen LogP contribution in [0, 0.1) is 0 Å². The largest absolute Gasteiger partial charge is 0.493 e. The summed E-state index contributed by atoms with van der Waals surface area (Å²) in [6.07, 6.45) is 8.31. The van der Waals surface area contributed by atoms with E-state index in [1.54, 1.807) is 42.4 Å². The van der Waals surface area contributed by atoms with Gasteiger partial charge in [-0.05, 0) is 44.0 Å². The number of aliphatic hydroxyl groups is 1. The highest BCUT2D eigenvalue weighted by Gasteiger charge is 2.53. The fraction of sp³-hybridized carbons (Fsp3) is 0.400. The zero-order valence-corrected chi connectivity index (χ0v) is 26.1. The predicted molar refractivity (Wildman–Crippen MR) is 169 cm³/mol. The van der Waals surface area contributed by atoms with E-state index in [9.17, 15) is 19.5 Å². The number of carbonyl (C=O) groups excluding carboxylic acids is 3. The molecule has 0 saturated heterocycles. The topological polar surface area (TPSA) is 126 Å². The van der Waals surface area contributed by atoms with Gasteiger partial charge in [-0.15, -0.1) is 0 Å². The minimum Gasteiger partial charge on any atom is -0.493 e. The van der Waals surface area contributed by atoms with Crippen molar-refractivity contribution in [2.45, 2.75) is 76.5 Å². The van der Waals surface area contributed by atoms with Crippen LogP contribution in [0.5, 0.6) is 17.2 Å². The average molecular weight is 616 g/mol. The number of methoxy groups -OCH3 is 1. The van der Waals surface area contributed by atoms with Gasteiger partial charge >= 0.3 is 0 Å². The average Bonchev–Trinajstić information content (AvgIpc) is 3.26. The lowest BCUT2D eigenvalue weighted by Crippen LogP contribution is -2.56. The lowest BCUT2D eigenvalue weighted by molar-refractivity contribution is -0.145. The highest BCUT2D eigenvalue weighted by atomic mass is 16.5. The first kappa shape index (κ1) is 31.8. The third-order valence-electron chi connectivity index (χ3n) is 8.65. The summed E-state index contributed by atoms with van der Waals surface area (Å²) in [5.41, 5.74) is 2.17. The molecule has 3 N–H and O–H groups in total. The normalized spacial score (nSPS) is 23.2. The Morgan fingerprint density at radius 2 is 1.93 bits per heavy atom. The second-order valence-corrected chi connectivity index (χ2v) is 11.6. The van der Waals surface area contributed by atoms with Crippen LogP contribution in [0.3, 0.4) is 0 Å². The summed E-state index contributed by atoms with van der Waals surface area (Å²) in [5, 5.41) is 15.9. The first-order chi connectivity index (χ1) is 21.7. The molecule has 5 unspecified atom stereocenters. The molecule has 238 valence electrons. The van der Waals surface area contributed by atoms with Crippen LogP contribution in [0.25, 0.3) is 0 Å². The van der Waals surface area contributed by atoms with E-state index < -0.39 is 35.6 Å². The number of carbonyl (C=O) groups is 3. The number of aliphatic hydroxyl groups excluding tert-OH is 1. The molecule has 10 heteroatoms. The predicted octanol–water partition coefficient (Wildman–Crippen LogP) is 3.69. The monoisotopic (exact) mass is 615 g/mol. The fourth-order valence-corrected chi connectivity index (χ4v) is 6.48. The van der Waals surface area contributed by atoms with E-state index in [0.717, 1.165) is 16.7 Å². The molecule has 2 heterocycles. The van der Waals surface area contributed by atoms with Crippen molar-refractivity contribution in [2.75, 3.05) is 13.7 Å². The molecule has 1 spiro atoms. The van der Waals surface area contributed by atoms with E-state index in [1.807, 2.05) is 56.4 Å².